The first kappa shape index (κ1) is 25.1. The van der Waals surface area contributed by atoms with Gasteiger partial charge in [-0.1, -0.05) is 36.4 Å². The molecule has 2 amide bonds. The second-order valence-corrected chi connectivity index (χ2v) is 10.2. The average molecular weight is 507 g/mol. The Bertz CT molecular complexity index is 1250. The van der Waals surface area contributed by atoms with Crippen LogP contribution >= 0.6 is 0 Å². The fraction of sp³-hybridized carbons (Fsp3) is 0.393. The van der Waals surface area contributed by atoms with Crippen LogP contribution in [0.3, 0.4) is 0 Å². The molecule has 0 spiro atoms. The molecule has 2 N–H and O–H groups in total. The van der Waals surface area contributed by atoms with E-state index >= 15 is 0 Å². The molecule has 0 unspecified atom stereocenters. The first-order chi connectivity index (χ1) is 17.9. The van der Waals surface area contributed by atoms with Crippen molar-refractivity contribution in [1.29, 1.82) is 0 Å². The molecule has 0 saturated carbocycles. The van der Waals surface area contributed by atoms with Crippen molar-refractivity contribution in [1.82, 2.24) is 25.1 Å². The largest absolute Gasteiger partial charge is 0.352 e. The Balaban J connectivity index is 1.31. The molecular weight excluding hydrogens is 474 g/mol. The van der Waals surface area contributed by atoms with Crippen molar-refractivity contribution < 1.29 is 13.6 Å². The van der Waals surface area contributed by atoms with E-state index in [1.165, 1.54) is 6.07 Å². The summed E-state index contributed by atoms with van der Waals surface area (Å²) in [6.45, 7) is 6.96. The molecule has 2 atom stereocenters. The van der Waals surface area contributed by atoms with Gasteiger partial charge in [-0.25, -0.2) is 23.5 Å². The molecule has 0 bridgehead atoms. The standard InChI is InChI=1S/C28H32F2N6O/c1-18(2)32-27-31-13-21-10-11-36(17-25(21)33-27)28(37)34-26-16-35(14-19-6-4-3-5-7-19)15-22(26)20-8-9-23(29)24(30)12-20/h3-9,12-13,18,22,26H,10-11,14-17H2,1-2H3,(H,34,37)(H,31,32,33)/t22-,26+/m0/s1. The Kier molecular flexibility index (Phi) is 7.32. The summed E-state index contributed by atoms with van der Waals surface area (Å²) in [4.78, 5) is 26.4. The van der Waals surface area contributed by atoms with Crippen LogP contribution in [-0.2, 0) is 19.5 Å². The van der Waals surface area contributed by atoms with Gasteiger partial charge in [-0.2, -0.15) is 0 Å². The van der Waals surface area contributed by atoms with E-state index in [4.69, 9.17) is 0 Å². The molecule has 37 heavy (non-hydrogen) atoms. The summed E-state index contributed by atoms with van der Waals surface area (Å²) < 4.78 is 27.8. The van der Waals surface area contributed by atoms with E-state index < -0.39 is 11.6 Å². The SMILES string of the molecule is CC(C)Nc1ncc2c(n1)CN(C(=O)N[C@@H]1CN(Cc3ccccc3)C[C@H]1c1ccc(F)c(F)c1)CC2. The number of aromatic nitrogens is 2. The predicted octanol–water partition coefficient (Wildman–Crippen LogP) is 4.31. The first-order valence-electron chi connectivity index (χ1n) is 12.7. The van der Waals surface area contributed by atoms with Gasteiger partial charge < -0.3 is 15.5 Å². The summed E-state index contributed by atoms with van der Waals surface area (Å²) in [5, 5.41) is 6.41. The second kappa shape index (κ2) is 10.8. The van der Waals surface area contributed by atoms with Crippen LogP contribution in [0.4, 0.5) is 19.5 Å². The number of halogens is 2. The van der Waals surface area contributed by atoms with Crippen molar-refractivity contribution in [3.8, 4) is 0 Å². The Labute approximate surface area is 215 Å². The number of hydrogen-bond acceptors (Lipinski definition) is 5. The highest BCUT2D eigenvalue weighted by Crippen LogP contribution is 2.30. The minimum absolute atomic E-state index is 0.163. The van der Waals surface area contributed by atoms with Crippen LogP contribution < -0.4 is 10.6 Å². The summed E-state index contributed by atoms with van der Waals surface area (Å²) in [5.41, 5.74) is 3.74. The molecule has 0 aliphatic carbocycles. The van der Waals surface area contributed by atoms with E-state index in [2.05, 4.69) is 37.6 Å². The number of rotatable bonds is 6. The van der Waals surface area contributed by atoms with Gasteiger partial charge in [0.15, 0.2) is 11.6 Å². The lowest BCUT2D eigenvalue weighted by Crippen LogP contribution is -2.49. The van der Waals surface area contributed by atoms with Crippen LogP contribution in [0.15, 0.2) is 54.7 Å². The number of nitrogens with one attached hydrogen (secondary N) is 2. The summed E-state index contributed by atoms with van der Waals surface area (Å²) in [5.74, 6) is -1.35. The highest BCUT2D eigenvalue weighted by atomic mass is 19.2. The number of nitrogens with zero attached hydrogens (tertiary/aromatic N) is 4. The lowest BCUT2D eigenvalue weighted by molar-refractivity contribution is 0.186. The second-order valence-electron chi connectivity index (χ2n) is 10.2. The van der Waals surface area contributed by atoms with Gasteiger partial charge in [0.1, 0.15) is 0 Å². The van der Waals surface area contributed by atoms with Crippen LogP contribution in [0.5, 0.6) is 0 Å². The van der Waals surface area contributed by atoms with Crippen LogP contribution in [0.25, 0.3) is 0 Å². The molecule has 2 aliphatic heterocycles. The molecule has 3 aromatic rings. The molecule has 9 heteroatoms. The fourth-order valence-electron chi connectivity index (χ4n) is 5.14. The predicted molar refractivity (Wildman–Crippen MR) is 138 cm³/mol. The van der Waals surface area contributed by atoms with Crippen LogP contribution in [0.2, 0.25) is 0 Å². The number of benzene rings is 2. The van der Waals surface area contributed by atoms with Crippen molar-refractivity contribution in [2.24, 2.45) is 0 Å². The third kappa shape index (κ3) is 5.88. The van der Waals surface area contributed by atoms with Gasteiger partial charge in [0.2, 0.25) is 5.95 Å². The van der Waals surface area contributed by atoms with Crippen molar-refractivity contribution in [3.05, 3.63) is 88.7 Å². The lowest BCUT2D eigenvalue weighted by Gasteiger charge is -2.30. The normalized spacial score (nSPS) is 19.6. The van der Waals surface area contributed by atoms with E-state index in [-0.39, 0.29) is 24.0 Å². The van der Waals surface area contributed by atoms with Crippen molar-refractivity contribution in [3.63, 3.8) is 0 Å². The highest BCUT2D eigenvalue weighted by molar-refractivity contribution is 5.75. The zero-order valence-corrected chi connectivity index (χ0v) is 21.1. The van der Waals surface area contributed by atoms with Crippen molar-refractivity contribution in [2.45, 2.75) is 51.4 Å². The third-order valence-electron chi connectivity index (χ3n) is 6.98. The minimum atomic E-state index is -0.873. The lowest BCUT2D eigenvalue weighted by atomic mass is 9.94. The Morgan fingerprint density at radius 1 is 1.11 bits per heavy atom. The molecule has 1 aromatic heterocycles. The van der Waals surface area contributed by atoms with E-state index in [9.17, 15) is 13.6 Å². The monoisotopic (exact) mass is 506 g/mol. The van der Waals surface area contributed by atoms with Crippen molar-refractivity contribution in [2.75, 3.05) is 25.0 Å². The number of likely N-dealkylation sites (tertiary alicyclic amines) is 1. The third-order valence-corrected chi connectivity index (χ3v) is 6.98. The number of anilines is 1. The number of amides is 2. The number of fused-ring (bicyclic) bond motifs is 1. The fourth-order valence-corrected chi connectivity index (χ4v) is 5.14. The van der Waals surface area contributed by atoms with Gasteiger partial charge in [0.05, 0.1) is 18.3 Å². The Morgan fingerprint density at radius 2 is 1.92 bits per heavy atom. The minimum Gasteiger partial charge on any atom is -0.352 e. The molecule has 2 aromatic carbocycles. The topological polar surface area (TPSA) is 73.4 Å². The van der Waals surface area contributed by atoms with Gasteiger partial charge in [-0.3, -0.25) is 4.90 Å². The zero-order chi connectivity index (χ0) is 25.9. The molecule has 1 fully saturated rings. The quantitative estimate of drug-likeness (QED) is 0.521. The van der Waals surface area contributed by atoms with Crippen LogP contribution in [0.1, 0.15) is 42.1 Å². The smallest absolute Gasteiger partial charge is 0.318 e. The number of urea groups is 1. The summed E-state index contributed by atoms with van der Waals surface area (Å²) in [6.07, 6.45) is 2.52. The van der Waals surface area contributed by atoms with E-state index in [0.717, 1.165) is 22.9 Å². The number of carbonyl (C=O) groups excluding carboxylic acids is 1. The summed E-state index contributed by atoms with van der Waals surface area (Å²) >= 11 is 0. The van der Waals surface area contributed by atoms with E-state index in [1.54, 1.807) is 11.0 Å². The molecule has 1 saturated heterocycles. The molecule has 3 heterocycles. The number of carbonyl (C=O) groups is 1. The van der Waals surface area contributed by atoms with Crippen molar-refractivity contribution >= 4 is 12.0 Å². The van der Waals surface area contributed by atoms with Crippen LogP contribution in [-0.4, -0.2) is 57.5 Å². The maximum Gasteiger partial charge on any atom is 0.318 e. The molecule has 0 radical (unpaired) electrons. The van der Waals surface area contributed by atoms with Gasteiger partial charge >= 0.3 is 6.03 Å². The van der Waals surface area contributed by atoms with Gasteiger partial charge in [-0.05, 0) is 49.1 Å². The average Bonchev–Trinajstić information content (AvgIpc) is 3.27. The maximum absolute atomic E-state index is 14.1. The molecule has 194 valence electrons. The van der Waals surface area contributed by atoms with Gasteiger partial charge in [-0.15, -0.1) is 0 Å². The van der Waals surface area contributed by atoms with Gasteiger partial charge in [0, 0.05) is 44.3 Å². The Hall–Kier alpha value is -3.59. The molecule has 2 aliphatic rings. The molecule has 5 rings (SSSR count). The summed E-state index contributed by atoms with van der Waals surface area (Å²) in [6, 6.07) is 13.9. The molecular formula is C28H32F2N6O. The summed E-state index contributed by atoms with van der Waals surface area (Å²) in [7, 11) is 0. The Morgan fingerprint density at radius 3 is 2.68 bits per heavy atom. The highest BCUT2D eigenvalue weighted by Gasteiger charge is 2.36. The molecule has 7 nitrogen and oxygen atoms in total. The van der Waals surface area contributed by atoms with E-state index in [1.807, 2.05) is 38.2 Å². The first-order valence-corrected chi connectivity index (χ1v) is 12.7. The van der Waals surface area contributed by atoms with Gasteiger partial charge in [0.25, 0.3) is 0 Å². The van der Waals surface area contributed by atoms with E-state index in [0.29, 0.717) is 50.7 Å². The maximum atomic E-state index is 14.1. The van der Waals surface area contributed by atoms with Crippen LogP contribution in [0, 0.1) is 11.6 Å². The zero-order valence-electron chi connectivity index (χ0n) is 21.1. The number of hydrogen-bond donors (Lipinski definition) is 2.